The number of hydrogen-bond acceptors (Lipinski definition) is 6. The molecule has 146 valence electrons. The molecule has 0 spiro atoms. The van der Waals surface area contributed by atoms with Gasteiger partial charge in [0.2, 0.25) is 5.91 Å². The maximum atomic E-state index is 14.3. The third-order valence-corrected chi connectivity index (χ3v) is 4.73. The lowest BCUT2D eigenvalue weighted by Gasteiger charge is -2.33. The summed E-state index contributed by atoms with van der Waals surface area (Å²) in [6, 6.07) is 2.69. The average Bonchev–Trinajstić information content (AvgIpc) is 3.12. The molecular weight excluding hydrogens is 368 g/mol. The van der Waals surface area contributed by atoms with E-state index in [2.05, 4.69) is 20.3 Å². The van der Waals surface area contributed by atoms with Crippen molar-refractivity contribution in [2.24, 2.45) is 5.73 Å². The van der Waals surface area contributed by atoms with Crippen LogP contribution in [0.15, 0.2) is 30.7 Å². The van der Waals surface area contributed by atoms with Crippen molar-refractivity contribution in [3.05, 3.63) is 42.4 Å². The number of hydrogen-bond donors (Lipinski definition) is 2. The van der Waals surface area contributed by atoms with Crippen molar-refractivity contribution < 1.29 is 13.6 Å². The summed E-state index contributed by atoms with van der Waals surface area (Å²) in [5, 5.41) is 3.06. The third-order valence-electron chi connectivity index (χ3n) is 4.73. The molecule has 1 fully saturated rings. The first-order chi connectivity index (χ1) is 13.5. The summed E-state index contributed by atoms with van der Waals surface area (Å²) in [6.45, 7) is 1.01. The number of halogens is 2. The van der Waals surface area contributed by atoms with Gasteiger partial charge in [0.1, 0.15) is 17.2 Å². The highest BCUT2D eigenvalue weighted by atomic mass is 19.1. The van der Waals surface area contributed by atoms with Crippen molar-refractivity contribution >= 4 is 17.4 Å². The number of piperidine rings is 1. The molecule has 1 atom stereocenters. The van der Waals surface area contributed by atoms with Crippen molar-refractivity contribution in [2.75, 3.05) is 25.0 Å². The van der Waals surface area contributed by atoms with E-state index < -0.39 is 11.6 Å². The molecule has 0 aromatic carbocycles. The third kappa shape index (κ3) is 3.50. The minimum Gasteiger partial charge on any atom is -0.363 e. The number of imidazole rings is 1. The Bertz CT molecular complexity index is 1020. The van der Waals surface area contributed by atoms with Gasteiger partial charge in [0.15, 0.2) is 17.5 Å². The molecule has 3 N–H and O–H groups in total. The number of nitrogens with two attached hydrogens (primary N) is 1. The molecule has 3 aromatic heterocycles. The maximum absolute atomic E-state index is 14.3. The topological polar surface area (TPSA) is 101 Å². The van der Waals surface area contributed by atoms with Gasteiger partial charge in [-0.05, 0) is 25.0 Å². The van der Waals surface area contributed by atoms with Gasteiger partial charge in [0, 0.05) is 25.3 Å². The van der Waals surface area contributed by atoms with Crippen LogP contribution in [0.3, 0.4) is 0 Å². The number of fused-ring (bicyclic) bond motifs is 1. The van der Waals surface area contributed by atoms with Crippen molar-refractivity contribution in [3.63, 3.8) is 0 Å². The second kappa shape index (κ2) is 7.47. The summed E-state index contributed by atoms with van der Waals surface area (Å²) in [5.74, 6) is -0.927. The molecule has 1 aliphatic heterocycles. The van der Waals surface area contributed by atoms with Gasteiger partial charge in [-0.2, -0.15) is 0 Å². The van der Waals surface area contributed by atoms with Crippen LogP contribution in [0.5, 0.6) is 0 Å². The normalized spacial score (nSPS) is 17.1. The quantitative estimate of drug-likeness (QED) is 0.702. The molecule has 1 amide bonds. The van der Waals surface area contributed by atoms with Gasteiger partial charge in [-0.3, -0.25) is 9.20 Å². The number of aromatic nitrogens is 4. The predicted octanol–water partition coefficient (Wildman–Crippen LogP) is 1.43. The van der Waals surface area contributed by atoms with Crippen LogP contribution in [0.25, 0.3) is 17.2 Å². The van der Waals surface area contributed by atoms with E-state index in [0.29, 0.717) is 24.4 Å². The van der Waals surface area contributed by atoms with Gasteiger partial charge in [0.25, 0.3) is 0 Å². The van der Waals surface area contributed by atoms with Crippen molar-refractivity contribution in [1.29, 1.82) is 0 Å². The minimum atomic E-state index is -0.606. The fourth-order valence-electron chi connectivity index (χ4n) is 3.36. The summed E-state index contributed by atoms with van der Waals surface area (Å²) in [4.78, 5) is 26.0. The molecule has 8 nitrogen and oxygen atoms in total. The first kappa shape index (κ1) is 18.2. The second-order valence-corrected chi connectivity index (χ2v) is 6.64. The molecule has 4 heterocycles. The van der Waals surface area contributed by atoms with E-state index in [1.165, 1.54) is 28.9 Å². The largest absolute Gasteiger partial charge is 0.363 e. The number of carbonyl (C=O) groups excluding carboxylic acids is 1. The van der Waals surface area contributed by atoms with E-state index >= 15 is 0 Å². The number of carbonyl (C=O) groups is 1. The fourth-order valence-corrected chi connectivity index (χ4v) is 3.36. The Morgan fingerprint density at radius 1 is 1.29 bits per heavy atom. The van der Waals surface area contributed by atoms with Gasteiger partial charge in [-0.15, -0.1) is 0 Å². The lowest BCUT2D eigenvalue weighted by atomic mass is 10.1. The number of anilines is 1. The average molecular weight is 387 g/mol. The van der Waals surface area contributed by atoms with Crippen LogP contribution in [-0.2, 0) is 4.79 Å². The molecule has 0 bridgehead atoms. The Balaban J connectivity index is 1.60. The monoisotopic (exact) mass is 387 g/mol. The zero-order valence-electron chi connectivity index (χ0n) is 15.0. The van der Waals surface area contributed by atoms with Crippen molar-refractivity contribution in [1.82, 2.24) is 24.3 Å². The van der Waals surface area contributed by atoms with E-state index in [1.54, 1.807) is 4.90 Å². The van der Waals surface area contributed by atoms with E-state index in [0.717, 1.165) is 19.0 Å². The molecular formula is C18H19F2N7O. The molecule has 4 rings (SSSR count). The number of amides is 1. The van der Waals surface area contributed by atoms with Gasteiger partial charge in [-0.1, -0.05) is 0 Å². The molecule has 0 radical (unpaired) electrons. The molecule has 28 heavy (non-hydrogen) atoms. The van der Waals surface area contributed by atoms with Gasteiger partial charge in [0.05, 0.1) is 18.9 Å². The molecule has 0 unspecified atom stereocenters. The molecule has 1 aliphatic rings. The first-order valence-corrected chi connectivity index (χ1v) is 8.95. The summed E-state index contributed by atoms with van der Waals surface area (Å²) in [6.07, 6.45) is 5.40. The van der Waals surface area contributed by atoms with Crippen LogP contribution in [0, 0.1) is 11.6 Å². The second-order valence-electron chi connectivity index (χ2n) is 6.64. The van der Waals surface area contributed by atoms with Crippen molar-refractivity contribution in [2.45, 2.75) is 18.9 Å². The predicted molar refractivity (Wildman–Crippen MR) is 98.4 cm³/mol. The number of pyridine rings is 1. The van der Waals surface area contributed by atoms with Gasteiger partial charge >= 0.3 is 0 Å². The highest BCUT2D eigenvalue weighted by Gasteiger charge is 2.24. The Morgan fingerprint density at radius 2 is 2.14 bits per heavy atom. The highest BCUT2D eigenvalue weighted by Crippen LogP contribution is 2.22. The zero-order chi connectivity index (χ0) is 19.7. The van der Waals surface area contributed by atoms with Crippen LogP contribution in [0.4, 0.5) is 14.6 Å². The lowest BCUT2D eigenvalue weighted by Crippen LogP contribution is -2.47. The Labute approximate surface area is 159 Å². The summed E-state index contributed by atoms with van der Waals surface area (Å²) in [5.41, 5.74) is 6.40. The summed E-state index contributed by atoms with van der Waals surface area (Å²) in [7, 11) is 0. The summed E-state index contributed by atoms with van der Waals surface area (Å²) < 4.78 is 29.4. The van der Waals surface area contributed by atoms with E-state index in [9.17, 15) is 13.6 Å². The van der Waals surface area contributed by atoms with Crippen LogP contribution < -0.4 is 11.1 Å². The SMILES string of the molecule is NCC(=O)N1CCC[C@@H](Nc2nc(-c3cnc4ccc(F)cn34)ncc2F)C1. The molecule has 3 aromatic rings. The van der Waals surface area contributed by atoms with E-state index in [-0.39, 0.29) is 30.1 Å². The smallest absolute Gasteiger partial charge is 0.236 e. The highest BCUT2D eigenvalue weighted by molar-refractivity contribution is 5.78. The molecule has 0 saturated carbocycles. The standard InChI is InChI=1S/C18H19F2N7O/c19-11-3-4-15-22-8-14(27(15)9-11)18-23-7-13(20)17(25-18)24-12-2-1-5-26(10-12)16(28)6-21/h3-4,7-9,12H,1-2,5-6,10,21H2,(H,23,24,25)/t12-/m1/s1. The van der Waals surface area contributed by atoms with Crippen LogP contribution in [0.2, 0.25) is 0 Å². The Kier molecular flexibility index (Phi) is 4.86. The molecule has 10 heteroatoms. The minimum absolute atomic E-state index is 0.0309. The van der Waals surface area contributed by atoms with Crippen molar-refractivity contribution in [3.8, 4) is 11.5 Å². The van der Waals surface area contributed by atoms with Gasteiger partial charge < -0.3 is 16.0 Å². The number of likely N-dealkylation sites (tertiary alicyclic amines) is 1. The van der Waals surface area contributed by atoms with Gasteiger partial charge in [-0.25, -0.2) is 23.7 Å². The van der Waals surface area contributed by atoms with Crippen LogP contribution in [0.1, 0.15) is 12.8 Å². The fraction of sp³-hybridized carbons (Fsp3) is 0.333. The Hall–Kier alpha value is -3.14. The van der Waals surface area contributed by atoms with E-state index in [4.69, 9.17) is 5.73 Å². The van der Waals surface area contributed by atoms with Crippen LogP contribution >= 0.6 is 0 Å². The number of nitrogens with one attached hydrogen (secondary N) is 1. The molecule has 0 aliphatic carbocycles. The molecule has 1 saturated heterocycles. The lowest BCUT2D eigenvalue weighted by molar-refractivity contribution is -0.130. The van der Waals surface area contributed by atoms with E-state index in [1.807, 2.05) is 0 Å². The zero-order valence-corrected chi connectivity index (χ0v) is 15.0. The summed E-state index contributed by atoms with van der Waals surface area (Å²) >= 11 is 0. The van der Waals surface area contributed by atoms with Crippen LogP contribution in [-0.4, -0.2) is 55.8 Å². The Morgan fingerprint density at radius 3 is 2.96 bits per heavy atom. The maximum Gasteiger partial charge on any atom is 0.236 e. The first-order valence-electron chi connectivity index (χ1n) is 8.95. The number of rotatable bonds is 4. The number of nitrogens with zero attached hydrogens (tertiary/aromatic N) is 5.